The van der Waals surface area contributed by atoms with Gasteiger partial charge in [0.2, 0.25) is 0 Å². The molecule has 2 nitrogen and oxygen atoms in total. The zero-order valence-electron chi connectivity index (χ0n) is 10.1. The highest BCUT2D eigenvalue weighted by molar-refractivity contribution is 5.13. The summed E-state index contributed by atoms with van der Waals surface area (Å²) in [5, 5.41) is 0. The third kappa shape index (κ3) is 2.25. The lowest BCUT2D eigenvalue weighted by molar-refractivity contribution is 0.161. The first kappa shape index (κ1) is 10.7. The number of hydrogen-bond donors (Lipinski definition) is 0. The molecular weight excluding hydrogens is 184 g/mol. The largest absolute Gasteiger partial charge is 0.349 e. The highest BCUT2D eigenvalue weighted by Gasteiger charge is 2.22. The zero-order chi connectivity index (χ0) is 10.8. The third-order valence-corrected chi connectivity index (χ3v) is 3.46. The van der Waals surface area contributed by atoms with E-state index in [2.05, 4.69) is 48.6 Å². The van der Waals surface area contributed by atoms with Gasteiger partial charge in [-0.05, 0) is 37.9 Å². The van der Waals surface area contributed by atoms with Crippen LogP contribution in [0.15, 0.2) is 18.3 Å². The van der Waals surface area contributed by atoms with Gasteiger partial charge >= 0.3 is 0 Å². The van der Waals surface area contributed by atoms with E-state index >= 15 is 0 Å². The molecule has 1 aliphatic heterocycles. The minimum absolute atomic E-state index is 0.590. The van der Waals surface area contributed by atoms with Gasteiger partial charge in [0, 0.05) is 31.0 Å². The van der Waals surface area contributed by atoms with E-state index in [1.807, 2.05) is 0 Å². The minimum atomic E-state index is 0.590. The number of fused-ring (bicyclic) bond motifs is 1. The highest BCUT2D eigenvalue weighted by Crippen LogP contribution is 2.25. The lowest BCUT2D eigenvalue weighted by Crippen LogP contribution is -2.37. The summed E-state index contributed by atoms with van der Waals surface area (Å²) in [6.07, 6.45) is 3.51. The van der Waals surface area contributed by atoms with Crippen molar-refractivity contribution >= 4 is 0 Å². The lowest BCUT2D eigenvalue weighted by Gasteiger charge is -2.35. The van der Waals surface area contributed by atoms with Crippen molar-refractivity contribution in [1.29, 1.82) is 0 Å². The zero-order valence-corrected chi connectivity index (χ0v) is 10.1. The molecular formula is C13H22N2. The second kappa shape index (κ2) is 4.40. The topological polar surface area (TPSA) is 8.17 Å². The van der Waals surface area contributed by atoms with Crippen LogP contribution < -0.4 is 0 Å². The Labute approximate surface area is 92.9 Å². The van der Waals surface area contributed by atoms with Crippen molar-refractivity contribution in [3.05, 3.63) is 24.0 Å². The number of rotatable bonds is 3. The van der Waals surface area contributed by atoms with Crippen LogP contribution in [-0.2, 0) is 6.54 Å². The summed E-state index contributed by atoms with van der Waals surface area (Å²) in [5.41, 5.74) is 1.48. The molecule has 2 rings (SSSR count). The maximum atomic E-state index is 2.61. The first-order valence-corrected chi connectivity index (χ1v) is 6.07. The Morgan fingerprint density at radius 3 is 2.93 bits per heavy atom. The van der Waals surface area contributed by atoms with Crippen molar-refractivity contribution in [3.63, 3.8) is 0 Å². The van der Waals surface area contributed by atoms with Gasteiger partial charge in [-0.3, -0.25) is 4.90 Å². The summed E-state index contributed by atoms with van der Waals surface area (Å²) in [6, 6.07) is 5.01. The molecule has 0 aliphatic carbocycles. The van der Waals surface area contributed by atoms with Crippen LogP contribution in [0.4, 0.5) is 0 Å². The molecule has 0 saturated carbocycles. The molecule has 1 atom stereocenters. The van der Waals surface area contributed by atoms with Crippen LogP contribution in [0.25, 0.3) is 0 Å². The SMILES string of the molecule is CC(C)CCN1CCn2cccc2C1C. The fourth-order valence-electron chi connectivity index (χ4n) is 2.36. The molecule has 0 bridgehead atoms. The summed E-state index contributed by atoms with van der Waals surface area (Å²) < 4.78 is 2.39. The molecule has 1 aromatic heterocycles. The second-order valence-corrected chi connectivity index (χ2v) is 5.02. The monoisotopic (exact) mass is 206 g/mol. The summed E-state index contributed by atoms with van der Waals surface area (Å²) in [6.45, 7) is 10.5. The van der Waals surface area contributed by atoms with Crippen molar-refractivity contribution in [3.8, 4) is 0 Å². The van der Waals surface area contributed by atoms with Crippen molar-refractivity contribution in [2.45, 2.75) is 39.8 Å². The Bertz CT molecular complexity index is 314. The predicted molar refractivity (Wildman–Crippen MR) is 63.9 cm³/mol. The summed E-state index contributed by atoms with van der Waals surface area (Å²) >= 11 is 0. The molecule has 2 heteroatoms. The smallest absolute Gasteiger partial charge is 0.0472 e. The van der Waals surface area contributed by atoms with Gasteiger partial charge in [0.15, 0.2) is 0 Å². The van der Waals surface area contributed by atoms with Gasteiger partial charge in [0.05, 0.1) is 0 Å². The fraction of sp³-hybridized carbons (Fsp3) is 0.692. The molecule has 0 aromatic carbocycles. The van der Waals surface area contributed by atoms with Crippen LogP contribution in [0.3, 0.4) is 0 Å². The molecule has 1 unspecified atom stereocenters. The van der Waals surface area contributed by atoms with Crippen molar-refractivity contribution in [2.75, 3.05) is 13.1 Å². The Morgan fingerprint density at radius 2 is 2.20 bits per heavy atom. The van der Waals surface area contributed by atoms with Crippen LogP contribution in [0.5, 0.6) is 0 Å². The van der Waals surface area contributed by atoms with Crippen LogP contribution in [0.1, 0.15) is 38.9 Å². The normalized spacial score (nSPS) is 22.0. The molecule has 15 heavy (non-hydrogen) atoms. The Morgan fingerprint density at radius 1 is 1.40 bits per heavy atom. The maximum absolute atomic E-state index is 2.61. The highest BCUT2D eigenvalue weighted by atomic mass is 15.2. The van der Waals surface area contributed by atoms with E-state index in [9.17, 15) is 0 Å². The van der Waals surface area contributed by atoms with Gasteiger partial charge < -0.3 is 4.57 Å². The first-order valence-electron chi connectivity index (χ1n) is 6.07. The summed E-state index contributed by atoms with van der Waals surface area (Å²) in [4.78, 5) is 2.61. The Balaban J connectivity index is 2.00. The molecule has 0 saturated heterocycles. The minimum Gasteiger partial charge on any atom is -0.349 e. The van der Waals surface area contributed by atoms with Gasteiger partial charge in [-0.25, -0.2) is 0 Å². The average molecular weight is 206 g/mol. The van der Waals surface area contributed by atoms with Crippen LogP contribution >= 0.6 is 0 Å². The molecule has 0 fully saturated rings. The molecule has 1 aromatic rings. The summed E-state index contributed by atoms with van der Waals surface area (Å²) in [5.74, 6) is 0.811. The quantitative estimate of drug-likeness (QED) is 0.738. The third-order valence-electron chi connectivity index (χ3n) is 3.46. The molecule has 0 spiro atoms. The number of nitrogens with zero attached hydrogens (tertiary/aromatic N) is 2. The van der Waals surface area contributed by atoms with Gasteiger partial charge in [-0.2, -0.15) is 0 Å². The molecule has 2 heterocycles. The lowest BCUT2D eigenvalue weighted by atomic mass is 10.1. The number of aromatic nitrogens is 1. The second-order valence-electron chi connectivity index (χ2n) is 5.02. The first-order chi connectivity index (χ1) is 7.18. The van der Waals surface area contributed by atoms with Gasteiger partial charge in [0.25, 0.3) is 0 Å². The molecule has 0 amide bonds. The van der Waals surface area contributed by atoms with E-state index in [1.165, 1.54) is 25.2 Å². The molecule has 0 N–H and O–H groups in total. The Hall–Kier alpha value is -0.760. The van der Waals surface area contributed by atoms with Gasteiger partial charge in [-0.15, -0.1) is 0 Å². The standard InChI is InChI=1S/C13H22N2/c1-11(2)6-8-14-9-10-15-7-4-5-13(15)12(14)3/h4-5,7,11-12H,6,8-10H2,1-3H3. The predicted octanol–water partition coefficient (Wildman–Crippen LogP) is 2.91. The van der Waals surface area contributed by atoms with E-state index in [-0.39, 0.29) is 0 Å². The fourth-order valence-corrected chi connectivity index (χ4v) is 2.36. The van der Waals surface area contributed by atoms with Crippen molar-refractivity contribution in [1.82, 2.24) is 9.47 Å². The molecule has 0 radical (unpaired) electrons. The van der Waals surface area contributed by atoms with E-state index in [4.69, 9.17) is 0 Å². The van der Waals surface area contributed by atoms with Crippen molar-refractivity contribution in [2.24, 2.45) is 5.92 Å². The number of hydrogen-bond acceptors (Lipinski definition) is 1. The van der Waals surface area contributed by atoms with Gasteiger partial charge in [-0.1, -0.05) is 13.8 Å². The van der Waals surface area contributed by atoms with Crippen molar-refractivity contribution < 1.29 is 0 Å². The molecule has 1 aliphatic rings. The maximum Gasteiger partial charge on any atom is 0.0472 e. The Kier molecular flexibility index (Phi) is 3.15. The van der Waals surface area contributed by atoms with E-state index in [1.54, 1.807) is 0 Å². The average Bonchev–Trinajstić information content (AvgIpc) is 2.65. The van der Waals surface area contributed by atoms with Crippen LogP contribution in [-0.4, -0.2) is 22.6 Å². The van der Waals surface area contributed by atoms with E-state index in [0.29, 0.717) is 6.04 Å². The van der Waals surface area contributed by atoms with Crippen LogP contribution in [0, 0.1) is 5.92 Å². The van der Waals surface area contributed by atoms with Crippen LogP contribution in [0.2, 0.25) is 0 Å². The molecule has 84 valence electrons. The van der Waals surface area contributed by atoms with Gasteiger partial charge in [0.1, 0.15) is 0 Å². The van der Waals surface area contributed by atoms with E-state index < -0.39 is 0 Å². The van der Waals surface area contributed by atoms with E-state index in [0.717, 1.165) is 12.5 Å². The summed E-state index contributed by atoms with van der Waals surface area (Å²) in [7, 11) is 0.